The van der Waals surface area contributed by atoms with Gasteiger partial charge in [-0.3, -0.25) is 4.79 Å². The van der Waals surface area contributed by atoms with E-state index in [2.05, 4.69) is 16.8 Å². The Balaban J connectivity index is 1.79. The standard InChI is InChI=1S/C16H19N3OS/c1-2-18-8-10-19(11-9-18)16(20)15-14(17-12-21-15)13-6-4-3-5-7-13/h3-7,12H,2,8-11H2,1H3. The third-order valence-corrected chi connectivity index (χ3v) is 4.73. The van der Waals surface area contributed by atoms with Crippen molar-refractivity contribution in [1.82, 2.24) is 14.8 Å². The zero-order chi connectivity index (χ0) is 14.7. The molecule has 0 spiro atoms. The first kappa shape index (κ1) is 14.2. The van der Waals surface area contributed by atoms with Crippen LogP contribution in [-0.2, 0) is 0 Å². The number of benzene rings is 1. The minimum Gasteiger partial charge on any atom is -0.335 e. The van der Waals surface area contributed by atoms with Crippen molar-refractivity contribution in [2.24, 2.45) is 0 Å². The second-order valence-electron chi connectivity index (χ2n) is 5.12. The zero-order valence-corrected chi connectivity index (χ0v) is 13.0. The van der Waals surface area contributed by atoms with Gasteiger partial charge in [-0.1, -0.05) is 37.3 Å². The van der Waals surface area contributed by atoms with Gasteiger partial charge in [0.2, 0.25) is 0 Å². The maximum atomic E-state index is 12.7. The van der Waals surface area contributed by atoms with E-state index >= 15 is 0 Å². The van der Waals surface area contributed by atoms with Crippen molar-refractivity contribution >= 4 is 17.2 Å². The monoisotopic (exact) mass is 301 g/mol. The van der Waals surface area contributed by atoms with E-state index in [4.69, 9.17) is 0 Å². The summed E-state index contributed by atoms with van der Waals surface area (Å²) in [7, 11) is 0. The molecule has 3 rings (SSSR count). The van der Waals surface area contributed by atoms with Crippen molar-refractivity contribution < 1.29 is 4.79 Å². The number of piperazine rings is 1. The van der Waals surface area contributed by atoms with Crippen molar-refractivity contribution in [3.05, 3.63) is 40.7 Å². The molecule has 2 aromatic rings. The number of aromatic nitrogens is 1. The molecule has 0 radical (unpaired) electrons. The highest BCUT2D eigenvalue weighted by Crippen LogP contribution is 2.26. The number of hydrogen-bond acceptors (Lipinski definition) is 4. The Labute approximate surface area is 129 Å². The van der Waals surface area contributed by atoms with Crippen molar-refractivity contribution in [3.8, 4) is 11.3 Å². The average molecular weight is 301 g/mol. The molecule has 21 heavy (non-hydrogen) atoms. The van der Waals surface area contributed by atoms with Crippen molar-refractivity contribution in [2.45, 2.75) is 6.92 Å². The van der Waals surface area contributed by atoms with Gasteiger partial charge < -0.3 is 9.80 Å². The van der Waals surface area contributed by atoms with Crippen molar-refractivity contribution in [2.75, 3.05) is 32.7 Å². The summed E-state index contributed by atoms with van der Waals surface area (Å²) in [5.41, 5.74) is 3.58. The predicted molar refractivity (Wildman–Crippen MR) is 85.6 cm³/mol. The first-order valence-corrected chi connectivity index (χ1v) is 8.18. The molecule has 5 heteroatoms. The summed E-state index contributed by atoms with van der Waals surface area (Å²) in [5.74, 6) is 0.118. The SMILES string of the molecule is CCN1CCN(C(=O)c2scnc2-c2ccccc2)CC1. The van der Waals surface area contributed by atoms with Crippen LogP contribution in [0.4, 0.5) is 0 Å². The van der Waals surface area contributed by atoms with Crippen LogP contribution in [0.2, 0.25) is 0 Å². The number of carbonyl (C=O) groups excluding carboxylic acids is 1. The summed E-state index contributed by atoms with van der Waals surface area (Å²) in [6.07, 6.45) is 0. The summed E-state index contributed by atoms with van der Waals surface area (Å²) in [5, 5.41) is 0. The van der Waals surface area contributed by atoms with E-state index in [-0.39, 0.29) is 5.91 Å². The first-order chi connectivity index (χ1) is 10.3. The fourth-order valence-electron chi connectivity index (χ4n) is 2.61. The van der Waals surface area contributed by atoms with Crippen LogP contribution in [0.15, 0.2) is 35.8 Å². The molecule has 1 aromatic heterocycles. The molecule has 1 amide bonds. The van der Waals surface area contributed by atoms with Gasteiger partial charge >= 0.3 is 0 Å². The fraction of sp³-hybridized carbons (Fsp3) is 0.375. The van der Waals surface area contributed by atoms with Gasteiger partial charge in [-0.25, -0.2) is 4.98 Å². The highest BCUT2D eigenvalue weighted by molar-refractivity contribution is 7.12. The quantitative estimate of drug-likeness (QED) is 0.874. The Morgan fingerprint density at radius 1 is 1.19 bits per heavy atom. The van der Waals surface area contributed by atoms with E-state index in [1.807, 2.05) is 35.2 Å². The number of nitrogens with zero attached hydrogens (tertiary/aromatic N) is 3. The molecular formula is C16H19N3OS. The Hall–Kier alpha value is -1.72. The van der Waals surface area contributed by atoms with E-state index in [0.29, 0.717) is 0 Å². The largest absolute Gasteiger partial charge is 0.335 e. The lowest BCUT2D eigenvalue weighted by Gasteiger charge is -2.33. The predicted octanol–water partition coefficient (Wildman–Crippen LogP) is 2.59. The van der Waals surface area contributed by atoms with Crippen LogP contribution in [0.1, 0.15) is 16.6 Å². The molecule has 2 heterocycles. The molecule has 1 aliphatic heterocycles. The van der Waals surface area contributed by atoms with Crippen LogP contribution in [0.25, 0.3) is 11.3 Å². The average Bonchev–Trinajstić information content (AvgIpc) is 3.04. The second kappa shape index (κ2) is 6.37. The van der Waals surface area contributed by atoms with Gasteiger partial charge in [0.05, 0.1) is 11.2 Å². The fourth-order valence-corrected chi connectivity index (χ4v) is 3.39. The Morgan fingerprint density at radius 3 is 2.57 bits per heavy atom. The van der Waals surface area contributed by atoms with Crippen molar-refractivity contribution in [3.63, 3.8) is 0 Å². The molecule has 0 saturated carbocycles. The van der Waals surface area contributed by atoms with Crippen molar-refractivity contribution in [1.29, 1.82) is 0 Å². The summed E-state index contributed by atoms with van der Waals surface area (Å²) in [4.78, 5) is 22.2. The third kappa shape index (κ3) is 2.99. The summed E-state index contributed by atoms with van der Waals surface area (Å²) >= 11 is 1.44. The van der Waals surface area contributed by atoms with Crippen LogP contribution in [0, 0.1) is 0 Å². The lowest BCUT2D eigenvalue weighted by atomic mass is 10.1. The minimum atomic E-state index is 0.118. The van der Waals surface area contributed by atoms with Gasteiger partial charge in [0.15, 0.2) is 0 Å². The van der Waals surface area contributed by atoms with Crippen LogP contribution < -0.4 is 0 Å². The maximum Gasteiger partial charge on any atom is 0.266 e. The van der Waals surface area contributed by atoms with Gasteiger partial charge in [-0.2, -0.15) is 0 Å². The number of rotatable bonds is 3. The molecule has 0 unspecified atom stereocenters. The summed E-state index contributed by atoms with van der Waals surface area (Å²) in [6.45, 7) is 6.74. The molecule has 1 aliphatic rings. The van der Waals surface area contributed by atoms with Gasteiger partial charge in [0.1, 0.15) is 4.88 Å². The van der Waals surface area contributed by atoms with Crippen LogP contribution in [-0.4, -0.2) is 53.4 Å². The summed E-state index contributed by atoms with van der Waals surface area (Å²) < 4.78 is 0. The number of likely N-dealkylation sites (N-methyl/N-ethyl adjacent to an activating group) is 1. The highest BCUT2D eigenvalue weighted by atomic mass is 32.1. The molecule has 110 valence electrons. The number of hydrogen-bond donors (Lipinski definition) is 0. The van der Waals surface area contributed by atoms with Crippen LogP contribution in [0.3, 0.4) is 0 Å². The maximum absolute atomic E-state index is 12.7. The van der Waals surface area contributed by atoms with Gasteiger partial charge in [-0.05, 0) is 6.54 Å². The number of thiazole rings is 1. The zero-order valence-electron chi connectivity index (χ0n) is 12.2. The van der Waals surface area contributed by atoms with Gasteiger partial charge in [0.25, 0.3) is 5.91 Å². The van der Waals surface area contributed by atoms with E-state index in [1.54, 1.807) is 5.51 Å². The first-order valence-electron chi connectivity index (χ1n) is 7.30. The van der Waals surface area contributed by atoms with Gasteiger partial charge in [0, 0.05) is 31.7 Å². The minimum absolute atomic E-state index is 0.118. The van der Waals surface area contributed by atoms with Crippen LogP contribution >= 0.6 is 11.3 Å². The molecule has 0 bridgehead atoms. The van der Waals surface area contributed by atoms with E-state index in [0.717, 1.165) is 48.9 Å². The smallest absolute Gasteiger partial charge is 0.266 e. The second-order valence-corrected chi connectivity index (χ2v) is 5.98. The van der Waals surface area contributed by atoms with Gasteiger partial charge in [-0.15, -0.1) is 11.3 Å². The molecule has 0 N–H and O–H groups in total. The molecule has 1 fully saturated rings. The normalized spacial score (nSPS) is 16.1. The number of carbonyl (C=O) groups is 1. The summed E-state index contributed by atoms with van der Waals surface area (Å²) in [6, 6.07) is 9.93. The van der Waals surface area contributed by atoms with Crippen LogP contribution in [0.5, 0.6) is 0 Å². The number of amides is 1. The molecule has 0 aliphatic carbocycles. The van der Waals surface area contributed by atoms with E-state index in [9.17, 15) is 4.79 Å². The molecule has 4 nitrogen and oxygen atoms in total. The van der Waals surface area contributed by atoms with E-state index < -0.39 is 0 Å². The third-order valence-electron chi connectivity index (χ3n) is 3.92. The lowest BCUT2D eigenvalue weighted by molar-refractivity contribution is 0.0648. The topological polar surface area (TPSA) is 36.4 Å². The highest BCUT2D eigenvalue weighted by Gasteiger charge is 2.25. The Bertz CT molecular complexity index is 603. The van der Waals surface area contributed by atoms with E-state index in [1.165, 1.54) is 11.3 Å². The lowest BCUT2D eigenvalue weighted by Crippen LogP contribution is -2.48. The molecule has 1 saturated heterocycles. The Kier molecular flexibility index (Phi) is 4.31. The molecule has 1 aromatic carbocycles. The Morgan fingerprint density at radius 2 is 1.90 bits per heavy atom. The molecular weight excluding hydrogens is 282 g/mol. The molecule has 0 atom stereocenters.